The molecule has 8 nitrogen and oxygen atoms in total. The number of hydrogen-bond acceptors (Lipinski definition) is 6. The van der Waals surface area contributed by atoms with Crippen LogP contribution in [0.25, 0.3) is 22.1 Å². The minimum absolute atomic E-state index is 0.147. The van der Waals surface area contributed by atoms with E-state index in [1.54, 1.807) is 48.8 Å². The maximum Gasteiger partial charge on any atom is 0.299 e. The Kier molecular flexibility index (Phi) is 4.36. The summed E-state index contributed by atoms with van der Waals surface area (Å²) in [7, 11) is -3.36. The molecule has 4 aromatic rings. The van der Waals surface area contributed by atoms with E-state index in [1.807, 2.05) is 12.1 Å². The summed E-state index contributed by atoms with van der Waals surface area (Å²) in [6.45, 7) is 0. The number of hydrogen-bond donors (Lipinski definition) is 3. The van der Waals surface area contributed by atoms with E-state index < -0.39 is 10.0 Å². The number of pyridine rings is 1. The van der Waals surface area contributed by atoms with Crippen molar-refractivity contribution in [3.8, 4) is 11.3 Å². The first-order valence-electron chi connectivity index (χ1n) is 8.30. The van der Waals surface area contributed by atoms with Gasteiger partial charge in [0.2, 0.25) is 10.0 Å². The molecule has 0 radical (unpaired) electrons. The van der Waals surface area contributed by atoms with Crippen molar-refractivity contribution in [2.45, 2.75) is 0 Å². The highest BCUT2D eigenvalue weighted by Crippen LogP contribution is 2.27. The van der Waals surface area contributed by atoms with Crippen LogP contribution in [0.2, 0.25) is 0 Å². The normalized spacial score (nSPS) is 11.5. The smallest absolute Gasteiger partial charge is 0.299 e. The third-order valence-corrected chi connectivity index (χ3v) is 4.59. The fraction of sp³-hybridized carbons (Fsp3) is 0.0526. The molecule has 0 saturated heterocycles. The Labute approximate surface area is 160 Å². The summed E-state index contributed by atoms with van der Waals surface area (Å²) in [6, 6.07) is 14.2. The van der Waals surface area contributed by atoms with E-state index in [4.69, 9.17) is 4.42 Å². The van der Waals surface area contributed by atoms with Gasteiger partial charge in [-0.15, -0.1) is 0 Å². The Balaban J connectivity index is 1.58. The third kappa shape index (κ3) is 3.89. The van der Waals surface area contributed by atoms with E-state index in [0.29, 0.717) is 22.5 Å². The zero-order chi connectivity index (χ0) is 19.7. The highest BCUT2D eigenvalue weighted by atomic mass is 32.2. The monoisotopic (exact) mass is 396 g/mol. The van der Waals surface area contributed by atoms with Crippen molar-refractivity contribution in [1.29, 1.82) is 0 Å². The molecule has 28 heavy (non-hydrogen) atoms. The van der Waals surface area contributed by atoms with Crippen LogP contribution in [-0.4, -0.2) is 24.6 Å². The quantitative estimate of drug-likeness (QED) is 0.476. The Morgan fingerprint density at radius 3 is 2.71 bits per heavy atom. The number of aromatic amines is 1. The van der Waals surface area contributed by atoms with E-state index in [-0.39, 0.29) is 11.6 Å². The van der Waals surface area contributed by atoms with Crippen LogP contribution in [0.3, 0.4) is 0 Å². The number of benzene rings is 2. The lowest BCUT2D eigenvalue weighted by atomic mass is 10.1. The fourth-order valence-corrected chi connectivity index (χ4v) is 3.36. The van der Waals surface area contributed by atoms with Crippen LogP contribution in [0.1, 0.15) is 0 Å². The second-order valence-electron chi connectivity index (χ2n) is 6.22. The molecule has 2 aromatic carbocycles. The zero-order valence-corrected chi connectivity index (χ0v) is 15.6. The largest absolute Gasteiger partial charge is 0.423 e. The molecule has 0 spiro atoms. The number of H-pyrrole nitrogens is 1. The fourth-order valence-electron chi connectivity index (χ4n) is 2.81. The van der Waals surface area contributed by atoms with E-state index in [2.05, 4.69) is 20.0 Å². The summed E-state index contributed by atoms with van der Waals surface area (Å²) in [4.78, 5) is 18.6. The van der Waals surface area contributed by atoms with E-state index in [1.165, 1.54) is 0 Å². The van der Waals surface area contributed by atoms with Gasteiger partial charge < -0.3 is 14.7 Å². The van der Waals surface area contributed by atoms with E-state index >= 15 is 0 Å². The van der Waals surface area contributed by atoms with Gasteiger partial charge in [0.15, 0.2) is 5.76 Å². The van der Waals surface area contributed by atoms with Crippen LogP contribution >= 0.6 is 0 Å². The van der Waals surface area contributed by atoms with Crippen molar-refractivity contribution >= 4 is 38.2 Å². The second-order valence-corrected chi connectivity index (χ2v) is 7.97. The van der Waals surface area contributed by atoms with Gasteiger partial charge in [0.25, 0.3) is 11.6 Å². The molecular weight excluding hydrogens is 380 g/mol. The highest BCUT2D eigenvalue weighted by molar-refractivity contribution is 7.92. The molecule has 2 aromatic heterocycles. The minimum Gasteiger partial charge on any atom is -0.423 e. The number of oxazole rings is 1. The standard InChI is InChI=1S/C19H16N4O4S/c1-28(25,26)23-15-4-2-3-14(10-15)22-19-21-11-17(27-19)13-5-6-16-12(9-13)7-8-20-18(16)24/h2-11,23H,1H3,(H,20,24)(H,21,22). The van der Waals surface area contributed by atoms with Gasteiger partial charge in [-0.1, -0.05) is 12.1 Å². The summed E-state index contributed by atoms with van der Waals surface area (Å²) in [5, 5.41) is 4.39. The number of nitrogens with zero attached hydrogens (tertiary/aromatic N) is 1. The molecular formula is C19H16N4O4S. The lowest BCUT2D eigenvalue weighted by Crippen LogP contribution is -2.09. The molecule has 0 amide bonds. The maximum absolute atomic E-state index is 11.8. The predicted molar refractivity (Wildman–Crippen MR) is 108 cm³/mol. The second kappa shape index (κ2) is 6.86. The Morgan fingerprint density at radius 2 is 1.89 bits per heavy atom. The predicted octanol–water partition coefficient (Wildman–Crippen LogP) is 3.30. The zero-order valence-electron chi connectivity index (χ0n) is 14.8. The molecule has 0 bridgehead atoms. The molecule has 3 N–H and O–H groups in total. The van der Waals surface area contributed by atoms with E-state index in [0.717, 1.165) is 17.2 Å². The average Bonchev–Trinajstić information content (AvgIpc) is 3.09. The number of anilines is 3. The number of sulfonamides is 1. The molecule has 142 valence electrons. The van der Waals surface area contributed by atoms with Gasteiger partial charge in [0, 0.05) is 22.8 Å². The van der Waals surface area contributed by atoms with Gasteiger partial charge in [0.05, 0.1) is 18.1 Å². The molecule has 2 heterocycles. The molecule has 0 fully saturated rings. The Bertz CT molecular complexity index is 1330. The van der Waals surface area contributed by atoms with Crippen LogP contribution in [0.4, 0.5) is 17.4 Å². The van der Waals surface area contributed by atoms with Crippen LogP contribution in [0.5, 0.6) is 0 Å². The van der Waals surface area contributed by atoms with Crippen molar-refractivity contribution < 1.29 is 12.8 Å². The van der Waals surface area contributed by atoms with Gasteiger partial charge in [-0.3, -0.25) is 9.52 Å². The minimum atomic E-state index is -3.36. The summed E-state index contributed by atoms with van der Waals surface area (Å²) in [5.41, 5.74) is 1.68. The van der Waals surface area contributed by atoms with Crippen LogP contribution in [0.15, 0.2) is 70.1 Å². The van der Waals surface area contributed by atoms with Crippen molar-refractivity contribution in [3.63, 3.8) is 0 Å². The maximum atomic E-state index is 11.8. The lowest BCUT2D eigenvalue weighted by Gasteiger charge is -2.06. The van der Waals surface area contributed by atoms with Gasteiger partial charge in [0.1, 0.15) is 0 Å². The first-order valence-corrected chi connectivity index (χ1v) is 10.2. The van der Waals surface area contributed by atoms with Crippen LogP contribution in [-0.2, 0) is 10.0 Å². The van der Waals surface area contributed by atoms with Crippen molar-refractivity contribution in [1.82, 2.24) is 9.97 Å². The number of aromatic nitrogens is 2. The highest BCUT2D eigenvalue weighted by Gasteiger charge is 2.09. The molecule has 9 heteroatoms. The molecule has 0 aliphatic rings. The molecule has 0 aliphatic carbocycles. The molecule has 0 aliphatic heterocycles. The average molecular weight is 396 g/mol. The van der Waals surface area contributed by atoms with Gasteiger partial charge >= 0.3 is 0 Å². The molecule has 0 atom stereocenters. The number of nitrogens with one attached hydrogen (secondary N) is 3. The topological polar surface area (TPSA) is 117 Å². The van der Waals surface area contributed by atoms with Gasteiger partial charge in [-0.25, -0.2) is 13.4 Å². The van der Waals surface area contributed by atoms with Crippen LogP contribution < -0.4 is 15.6 Å². The summed E-state index contributed by atoms with van der Waals surface area (Å²) in [5.74, 6) is 0.537. The van der Waals surface area contributed by atoms with Crippen molar-refractivity contribution in [2.75, 3.05) is 16.3 Å². The van der Waals surface area contributed by atoms with Crippen molar-refractivity contribution in [3.05, 3.63) is 71.3 Å². The Morgan fingerprint density at radius 1 is 1.07 bits per heavy atom. The molecule has 0 unspecified atom stereocenters. The first-order chi connectivity index (χ1) is 13.4. The van der Waals surface area contributed by atoms with Gasteiger partial charge in [-0.2, -0.15) is 0 Å². The van der Waals surface area contributed by atoms with Crippen molar-refractivity contribution in [2.24, 2.45) is 0 Å². The first kappa shape index (κ1) is 17.8. The summed E-state index contributed by atoms with van der Waals surface area (Å²) >= 11 is 0. The third-order valence-electron chi connectivity index (χ3n) is 3.98. The van der Waals surface area contributed by atoms with E-state index in [9.17, 15) is 13.2 Å². The summed E-state index contributed by atoms with van der Waals surface area (Å²) < 4.78 is 30.9. The van der Waals surface area contributed by atoms with Gasteiger partial charge in [-0.05, 0) is 41.8 Å². The Hall–Kier alpha value is -3.59. The lowest BCUT2D eigenvalue weighted by molar-refractivity contribution is 0.592. The SMILES string of the molecule is CS(=O)(=O)Nc1cccc(Nc2ncc(-c3ccc4c(=O)[nH]ccc4c3)o2)c1. The number of rotatable bonds is 5. The number of fused-ring (bicyclic) bond motifs is 1. The molecule has 0 saturated carbocycles. The van der Waals surface area contributed by atoms with Crippen LogP contribution in [0, 0.1) is 0 Å². The summed E-state index contributed by atoms with van der Waals surface area (Å²) in [6.07, 6.45) is 4.26. The molecule has 4 rings (SSSR count).